The Morgan fingerprint density at radius 1 is 0.390 bits per heavy atom. The second kappa shape index (κ2) is 41.4. The molecule has 0 heterocycles. The summed E-state index contributed by atoms with van der Waals surface area (Å²) in [6.07, 6.45) is 41.8. The molecule has 0 spiro atoms. The monoisotopic (exact) mass is 682 g/mol. The fourth-order valence-corrected chi connectivity index (χ4v) is 4.68. The average molecular weight is 682 g/mol. The van der Waals surface area contributed by atoms with Crippen molar-refractivity contribution in [2.45, 2.75) is 194 Å². The Morgan fingerprint density at radius 2 is 0.610 bits per heavy atom. The third-order valence-electron chi connectivity index (χ3n) is 7.29. The Bertz CT molecular complexity index is 524. The second-order valence-corrected chi connectivity index (χ2v) is 11.4. The van der Waals surface area contributed by atoms with E-state index in [0.717, 1.165) is 38.5 Å². The maximum Gasteiger partial charge on any atom is 2.00 e. The van der Waals surface area contributed by atoms with Crippen molar-refractivity contribution < 1.29 is 19.8 Å². The van der Waals surface area contributed by atoms with Crippen molar-refractivity contribution in [3.8, 4) is 0 Å². The normalized spacial score (nSPS) is 11.0. The van der Waals surface area contributed by atoms with Gasteiger partial charge in [-0.05, 0) is 77.0 Å². The fraction of sp³-hybridized carbons (Fsp3) is 0.833. The molecule has 0 rings (SSSR count). The zero-order valence-corrected chi connectivity index (χ0v) is 30.1. The largest absolute Gasteiger partial charge is 2.00 e. The number of aliphatic carboxylic acids is 2. The third-order valence-corrected chi connectivity index (χ3v) is 7.29. The van der Waals surface area contributed by atoms with Crippen LogP contribution >= 0.6 is 0 Å². The Labute approximate surface area is 272 Å². The van der Waals surface area contributed by atoms with Crippen LogP contribution in [0.3, 0.4) is 0 Å². The van der Waals surface area contributed by atoms with Crippen LogP contribution in [-0.2, 0) is 9.59 Å². The van der Waals surface area contributed by atoms with Crippen LogP contribution in [-0.4, -0.2) is 35.8 Å². The molecule has 5 heteroatoms. The molecule has 0 bridgehead atoms. The summed E-state index contributed by atoms with van der Waals surface area (Å²) in [6, 6.07) is 0. The van der Waals surface area contributed by atoms with Gasteiger partial charge in [0.05, 0.1) is 0 Å². The van der Waals surface area contributed by atoms with Gasteiger partial charge in [0.15, 0.2) is 0 Å². The van der Waals surface area contributed by atoms with Gasteiger partial charge in [0.1, 0.15) is 0 Å². The summed E-state index contributed by atoms with van der Waals surface area (Å²) >= 11 is 0. The van der Waals surface area contributed by atoms with E-state index >= 15 is 0 Å². The van der Waals surface area contributed by atoms with Crippen LogP contribution < -0.4 is 10.2 Å². The van der Waals surface area contributed by atoms with E-state index in [2.05, 4.69) is 38.2 Å². The molecule has 0 aromatic rings. The first-order chi connectivity index (χ1) is 19.5. The van der Waals surface area contributed by atoms with Crippen molar-refractivity contribution in [2.75, 3.05) is 0 Å². The van der Waals surface area contributed by atoms with Crippen molar-refractivity contribution in [2.24, 2.45) is 0 Å². The zero-order chi connectivity index (χ0) is 29.8. The minimum Gasteiger partial charge on any atom is -0.550 e. The molecule has 0 saturated heterocycles. The maximum absolute atomic E-state index is 10.2. The van der Waals surface area contributed by atoms with E-state index in [1.165, 1.54) is 128 Å². The minimum absolute atomic E-state index is 0. The van der Waals surface area contributed by atoms with E-state index in [1.54, 1.807) is 0 Å². The summed E-state index contributed by atoms with van der Waals surface area (Å²) in [4.78, 5) is 20.4. The van der Waals surface area contributed by atoms with Crippen LogP contribution in [0.25, 0.3) is 0 Å². The Kier molecular flexibility index (Phi) is 45.0. The molecular formula is C36H66O4Sn. The van der Waals surface area contributed by atoms with Gasteiger partial charge in [0, 0.05) is 11.9 Å². The first-order valence-corrected chi connectivity index (χ1v) is 17.2. The zero-order valence-electron chi connectivity index (χ0n) is 27.2. The summed E-state index contributed by atoms with van der Waals surface area (Å²) in [7, 11) is 0. The molecule has 0 aromatic heterocycles. The van der Waals surface area contributed by atoms with E-state index in [-0.39, 0.29) is 36.7 Å². The summed E-state index contributed by atoms with van der Waals surface area (Å²) < 4.78 is 0. The van der Waals surface area contributed by atoms with Crippen LogP contribution in [0.1, 0.15) is 194 Å². The van der Waals surface area contributed by atoms with Crippen molar-refractivity contribution in [1.29, 1.82) is 0 Å². The topological polar surface area (TPSA) is 80.3 Å². The molecule has 0 amide bonds. The van der Waals surface area contributed by atoms with Gasteiger partial charge in [-0.15, -0.1) is 0 Å². The molecule has 41 heavy (non-hydrogen) atoms. The number of hydrogen-bond donors (Lipinski definition) is 0. The van der Waals surface area contributed by atoms with Gasteiger partial charge in [-0.1, -0.05) is 141 Å². The number of carboxylic acid groups (broad SMARTS) is 2. The predicted octanol–water partition coefficient (Wildman–Crippen LogP) is 9.17. The molecule has 2 radical (unpaired) electrons. The predicted molar refractivity (Wildman–Crippen MR) is 175 cm³/mol. The Morgan fingerprint density at radius 3 is 0.854 bits per heavy atom. The van der Waals surface area contributed by atoms with Crippen LogP contribution in [0.4, 0.5) is 0 Å². The van der Waals surface area contributed by atoms with E-state index in [0.29, 0.717) is 0 Å². The summed E-state index contributed by atoms with van der Waals surface area (Å²) in [5.41, 5.74) is 0. The molecule has 0 atom stereocenters. The van der Waals surface area contributed by atoms with E-state index < -0.39 is 11.9 Å². The molecule has 0 N–H and O–H groups in total. The molecule has 0 unspecified atom stereocenters. The van der Waals surface area contributed by atoms with Crippen molar-refractivity contribution >= 4 is 35.8 Å². The average Bonchev–Trinajstić information content (AvgIpc) is 2.93. The number of carbonyl (C=O) groups excluding carboxylic acids is 2. The van der Waals surface area contributed by atoms with E-state index in [4.69, 9.17) is 0 Å². The number of carbonyl (C=O) groups is 2. The summed E-state index contributed by atoms with van der Waals surface area (Å²) in [5, 5.41) is 20.4. The quantitative estimate of drug-likeness (QED) is 0.0430. The standard InChI is InChI=1S/2C18H34O2.Sn/c2*1-2-3-4-5-6-7-8-9-10-11-12-13-14-15-16-17-18(19)20;/h2*9-10H,2-8,11-17H2,1H3,(H,19,20);/q;;+2/p-2. The van der Waals surface area contributed by atoms with Gasteiger partial charge in [-0.2, -0.15) is 0 Å². The smallest absolute Gasteiger partial charge is 0.550 e. The number of rotatable bonds is 30. The number of unbranched alkanes of at least 4 members (excludes halogenated alkanes) is 22. The maximum atomic E-state index is 10.2. The van der Waals surface area contributed by atoms with Gasteiger partial charge in [0.25, 0.3) is 0 Å². The fourth-order valence-electron chi connectivity index (χ4n) is 4.68. The molecule has 0 aromatic carbocycles. The first kappa shape index (κ1) is 44.7. The minimum atomic E-state index is -0.914. The number of allylic oxidation sites excluding steroid dienone is 4. The van der Waals surface area contributed by atoms with E-state index in [9.17, 15) is 19.8 Å². The number of hydrogen-bond acceptors (Lipinski definition) is 4. The number of carboxylic acids is 2. The first-order valence-electron chi connectivity index (χ1n) is 17.2. The van der Waals surface area contributed by atoms with Gasteiger partial charge in [-0.25, -0.2) is 0 Å². The van der Waals surface area contributed by atoms with Gasteiger partial charge < -0.3 is 19.8 Å². The molecule has 0 saturated carbocycles. The summed E-state index contributed by atoms with van der Waals surface area (Å²) in [6.45, 7) is 4.51. The molecule has 0 fully saturated rings. The van der Waals surface area contributed by atoms with Crippen molar-refractivity contribution in [1.82, 2.24) is 0 Å². The second-order valence-electron chi connectivity index (χ2n) is 11.4. The van der Waals surface area contributed by atoms with Crippen LogP contribution in [0.2, 0.25) is 0 Å². The molecular weight excluding hydrogens is 615 g/mol. The van der Waals surface area contributed by atoms with Crippen molar-refractivity contribution in [3.05, 3.63) is 24.3 Å². The van der Waals surface area contributed by atoms with Gasteiger partial charge >= 0.3 is 23.9 Å². The SMILES string of the molecule is CCCCCCCCC=CCCCCCCCC(=O)[O-].CCCCCCCCC=CCCCCCCCC(=O)[O-].[Sn+2]. The van der Waals surface area contributed by atoms with Gasteiger partial charge in [-0.3, -0.25) is 0 Å². The van der Waals surface area contributed by atoms with Crippen molar-refractivity contribution in [3.63, 3.8) is 0 Å². The van der Waals surface area contributed by atoms with Crippen LogP contribution in [0.5, 0.6) is 0 Å². The Hall–Kier alpha value is -0.781. The van der Waals surface area contributed by atoms with Crippen LogP contribution in [0.15, 0.2) is 24.3 Å². The molecule has 0 aliphatic carbocycles. The molecule has 238 valence electrons. The summed E-state index contributed by atoms with van der Waals surface area (Å²) in [5.74, 6) is -1.83. The molecule has 0 aliphatic heterocycles. The molecule has 4 nitrogen and oxygen atoms in total. The third kappa shape index (κ3) is 49.2. The molecule has 0 aliphatic rings. The Balaban J connectivity index is -0.000000688. The van der Waals surface area contributed by atoms with E-state index in [1.807, 2.05) is 0 Å². The van der Waals surface area contributed by atoms with Gasteiger partial charge in [0.2, 0.25) is 0 Å². The van der Waals surface area contributed by atoms with Crippen LogP contribution in [0, 0.1) is 0 Å².